The third-order valence-electron chi connectivity index (χ3n) is 2.02. The Bertz CT molecular complexity index is 512. The van der Waals surface area contributed by atoms with E-state index in [0.717, 1.165) is 5.56 Å². The highest BCUT2D eigenvalue weighted by Gasteiger charge is 1.98. The molecule has 0 aliphatic heterocycles. The molecule has 0 radical (unpaired) electrons. The van der Waals surface area contributed by atoms with Crippen LogP contribution in [0.2, 0.25) is 5.02 Å². The molecule has 2 nitrogen and oxygen atoms in total. The Morgan fingerprint density at radius 3 is 2.69 bits per heavy atom. The van der Waals surface area contributed by atoms with Crippen LogP contribution in [0, 0.1) is 5.82 Å². The van der Waals surface area contributed by atoms with Crippen molar-refractivity contribution in [2.24, 2.45) is 0 Å². The van der Waals surface area contributed by atoms with Gasteiger partial charge in [-0.25, -0.2) is 4.39 Å². The first-order valence-corrected chi connectivity index (χ1v) is 5.03. The highest BCUT2D eigenvalue weighted by molar-refractivity contribution is 6.30. The van der Waals surface area contributed by atoms with E-state index in [0.29, 0.717) is 10.6 Å². The van der Waals surface area contributed by atoms with Gasteiger partial charge in [0.15, 0.2) is 0 Å². The molecule has 1 aromatic carbocycles. The Labute approximate surface area is 97.4 Å². The van der Waals surface area contributed by atoms with Crippen molar-refractivity contribution in [3.8, 4) is 0 Å². The zero-order valence-electron chi connectivity index (χ0n) is 8.27. The number of aromatic nitrogens is 2. The maximum atomic E-state index is 13.4. The standard InChI is InChI=1S/C12H8ClFN2/c13-11-4-3-10(12(14)7-11)2-1-9-5-6-15-16-8-9/h1-8H. The molecule has 0 N–H and O–H groups in total. The second-order valence-corrected chi connectivity index (χ2v) is 3.61. The molecular formula is C12H8ClFN2. The molecule has 16 heavy (non-hydrogen) atoms. The molecule has 80 valence electrons. The van der Waals surface area contributed by atoms with Gasteiger partial charge in [0.25, 0.3) is 0 Å². The summed E-state index contributed by atoms with van der Waals surface area (Å²) < 4.78 is 13.4. The Kier molecular flexibility index (Phi) is 3.27. The molecule has 0 aliphatic rings. The molecule has 1 heterocycles. The Balaban J connectivity index is 2.24. The zero-order chi connectivity index (χ0) is 11.4. The van der Waals surface area contributed by atoms with Gasteiger partial charge in [-0.1, -0.05) is 29.8 Å². The highest BCUT2D eigenvalue weighted by atomic mass is 35.5. The van der Waals surface area contributed by atoms with E-state index < -0.39 is 0 Å². The van der Waals surface area contributed by atoms with Crippen LogP contribution in [0.25, 0.3) is 12.2 Å². The minimum absolute atomic E-state index is 0.342. The molecule has 0 amide bonds. The second-order valence-electron chi connectivity index (χ2n) is 3.17. The average molecular weight is 235 g/mol. The van der Waals surface area contributed by atoms with Crippen LogP contribution in [0.3, 0.4) is 0 Å². The number of hydrogen-bond acceptors (Lipinski definition) is 2. The van der Waals surface area contributed by atoms with E-state index in [4.69, 9.17) is 11.6 Å². The highest BCUT2D eigenvalue weighted by Crippen LogP contribution is 2.16. The number of benzene rings is 1. The molecule has 1 aromatic heterocycles. The van der Waals surface area contributed by atoms with Gasteiger partial charge in [-0.15, -0.1) is 0 Å². The number of nitrogens with zero attached hydrogens (tertiary/aromatic N) is 2. The predicted octanol–water partition coefficient (Wildman–Crippen LogP) is 3.44. The summed E-state index contributed by atoms with van der Waals surface area (Å²) >= 11 is 5.65. The summed E-state index contributed by atoms with van der Waals surface area (Å²) in [7, 11) is 0. The first-order chi connectivity index (χ1) is 7.75. The van der Waals surface area contributed by atoms with Crippen molar-refractivity contribution in [3.05, 3.63) is 58.6 Å². The van der Waals surface area contributed by atoms with E-state index in [2.05, 4.69) is 10.2 Å². The second kappa shape index (κ2) is 4.86. The summed E-state index contributed by atoms with van der Waals surface area (Å²) in [6.45, 7) is 0. The molecule has 2 rings (SSSR count). The Hall–Kier alpha value is -1.74. The minimum Gasteiger partial charge on any atom is -0.206 e. The van der Waals surface area contributed by atoms with E-state index in [9.17, 15) is 4.39 Å². The van der Waals surface area contributed by atoms with Gasteiger partial charge in [-0.3, -0.25) is 0 Å². The smallest absolute Gasteiger partial charge is 0.131 e. The van der Waals surface area contributed by atoms with Crippen LogP contribution in [-0.4, -0.2) is 10.2 Å². The van der Waals surface area contributed by atoms with Crippen LogP contribution in [-0.2, 0) is 0 Å². The van der Waals surface area contributed by atoms with Gasteiger partial charge in [-0.2, -0.15) is 10.2 Å². The van der Waals surface area contributed by atoms with Crippen LogP contribution < -0.4 is 0 Å². The summed E-state index contributed by atoms with van der Waals surface area (Å²) in [4.78, 5) is 0. The molecule has 0 bridgehead atoms. The topological polar surface area (TPSA) is 25.8 Å². The van der Waals surface area contributed by atoms with Gasteiger partial charge in [-0.05, 0) is 23.8 Å². The van der Waals surface area contributed by atoms with Gasteiger partial charge in [0, 0.05) is 10.6 Å². The normalized spacial score (nSPS) is 10.9. The fourth-order valence-corrected chi connectivity index (χ4v) is 1.38. The van der Waals surface area contributed by atoms with Crippen molar-refractivity contribution in [2.75, 3.05) is 0 Å². The van der Waals surface area contributed by atoms with E-state index >= 15 is 0 Å². The van der Waals surface area contributed by atoms with Gasteiger partial charge in [0.1, 0.15) is 5.82 Å². The predicted molar refractivity (Wildman–Crippen MR) is 62.4 cm³/mol. The van der Waals surface area contributed by atoms with Crippen molar-refractivity contribution >= 4 is 23.8 Å². The lowest BCUT2D eigenvalue weighted by molar-refractivity contribution is 0.625. The summed E-state index contributed by atoms with van der Waals surface area (Å²) in [6.07, 6.45) is 6.62. The van der Waals surface area contributed by atoms with Crippen LogP contribution in [0.15, 0.2) is 36.7 Å². The molecule has 0 aliphatic carbocycles. The van der Waals surface area contributed by atoms with Crippen molar-refractivity contribution < 1.29 is 4.39 Å². The molecule has 0 saturated carbocycles. The van der Waals surface area contributed by atoms with Crippen LogP contribution in [0.4, 0.5) is 4.39 Å². The summed E-state index contributed by atoms with van der Waals surface area (Å²) in [5, 5.41) is 7.76. The lowest BCUT2D eigenvalue weighted by Crippen LogP contribution is -1.82. The monoisotopic (exact) mass is 234 g/mol. The maximum Gasteiger partial charge on any atom is 0.131 e. The lowest BCUT2D eigenvalue weighted by Gasteiger charge is -1.97. The largest absolute Gasteiger partial charge is 0.206 e. The quantitative estimate of drug-likeness (QED) is 0.796. The molecule has 0 unspecified atom stereocenters. The summed E-state index contributed by atoms with van der Waals surface area (Å²) in [6, 6.07) is 6.35. The molecular weight excluding hydrogens is 227 g/mol. The minimum atomic E-state index is -0.342. The van der Waals surface area contributed by atoms with Gasteiger partial charge in [0.05, 0.1) is 12.4 Å². The summed E-state index contributed by atoms with van der Waals surface area (Å²) in [5.74, 6) is -0.342. The number of halogens is 2. The SMILES string of the molecule is Fc1cc(Cl)ccc1C=Cc1ccnnc1. The summed E-state index contributed by atoms with van der Waals surface area (Å²) in [5.41, 5.74) is 1.35. The lowest BCUT2D eigenvalue weighted by atomic mass is 10.1. The third-order valence-corrected chi connectivity index (χ3v) is 2.26. The zero-order valence-corrected chi connectivity index (χ0v) is 9.03. The Morgan fingerprint density at radius 2 is 2.00 bits per heavy atom. The van der Waals surface area contributed by atoms with Crippen LogP contribution in [0.1, 0.15) is 11.1 Å². The first-order valence-electron chi connectivity index (χ1n) is 4.65. The van der Waals surface area contributed by atoms with Crippen molar-refractivity contribution in [2.45, 2.75) is 0 Å². The molecule has 4 heteroatoms. The number of rotatable bonds is 2. The number of hydrogen-bond donors (Lipinski definition) is 0. The third kappa shape index (κ3) is 2.64. The van der Waals surface area contributed by atoms with Crippen LogP contribution in [0.5, 0.6) is 0 Å². The molecule has 0 spiro atoms. The Morgan fingerprint density at radius 1 is 1.12 bits per heavy atom. The molecule has 0 atom stereocenters. The van der Waals surface area contributed by atoms with E-state index in [1.807, 2.05) is 0 Å². The molecule has 0 saturated heterocycles. The molecule has 0 fully saturated rings. The van der Waals surface area contributed by atoms with Crippen molar-refractivity contribution in [1.82, 2.24) is 10.2 Å². The fraction of sp³-hybridized carbons (Fsp3) is 0. The van der Waals surface area contributed by atoms with Crippen molar-refractivity contribution in [3.63, 3.8) is 0 Å². The average Bonchev–Trinajstić information content (AvgIpc) is 2.29. The molecule has 2 aromatic rings. The van der Waals surface area contributed by atoms with E-state index in [1.165, 1.54) is 6.07 Å². The fourth-order valence-electron chi connectivity index (χ4n) is 1.22. The van der Waals surface area contributed by atoms with E-state index in [1.54, 1.807) is 42.7 Å². The first kappa shape index (κ1) is 10.8. The van der Waals surface area contributed by atoms with Crippen LogP contribution >= 0.6 is 11.6 Å². The maximum absolute atomic E-state index is 13.4. The van der Waals surface area contributed by atoms with E-state index in [-0.39, 0.29) is 5.82 Å². The van der Waals surface area contributed by atoms with Crippen molar-refractivity contribution in [1.29, 1.82) is 0 Å². The van der Waals surface area contributed by atoms with Gasteiger partial charge in [0.2, 0.25) is 0 Å². The van der Waals surface area contributed by atoms with Gasteiger partial charge < -0.3 is 0 Å². The van der Waals surface area contributed by atoms with Gasteiger partial charge >= 0.3 is 0 Å².